The van der Waals surface area contributed by atoms with Crippen molar-refractivity contribution >= 4 is 23.2 Å². The van der Waals surface area contributed by atoms with E-state index in [1.807, 2.05) is 18.3 Å². The number of benzene rings is 2. The minimum absolute atomic E-state index is 0.277. The van der Waals surface area contributed by atoms with E-state index in [2.05, 4.69) is 15.1 Å². The van der Waals surface area contributed by atoms with Gasteiger partial charge in [-0.15, -0.1) is 10.2 Å². The van der Waals surface area contributed by atoms with Crippen molar-refractivity contribution in [2.24, 2.45) is 0 Å². The molecule has 32 heavy (non-hydrogen) atoms. The summed E-state index contributed by atoms with van der Waals surface area (Å²) < 4.78 is 21.7. The zero-order chi connectivity index (χ0) is 22.1. The first-order valence-electron chi connectivity index (χ1n) is 10.4. The van der Waals surface area contributed by atoms with Crippen LogP contribution in [0.15, 0.2) is 59.5 Å². The molecule has 164 valence electrons. The van der Waals surface area contributed by atoms with Crippen LogP contribution in [-0.2, 0) is 6.54 Å². The van der Waals surface area contributed by atoms with Crippen LogP contribution < -0.4 is 0 Å². The van der Waals surface area contributed by atoms with E-state index < -0.39 is 0 Å². The molecular formula is C23H20Cl2FN5O. The minimum atomic E-state index is -0.303. The molecule has 0 amide bonds. The lowest BCUT2D eigenvalue weighted by Gasteiger charge is -2.30. The van der Waals surface area contributed by atoms with E-state index in [-0.39, 0.29) is 11.7 Å². The van der Waals surface area contributed by atoms with Crippen molar-refractivity contribution in [2.45, 2.75) is 25.3 Å². The molecule has 0 bridgehead atoms. The second kappa shape index (κ2) is 9.02. The molecule has 0 atom stereocenters. The Balaban J connectivity index is 1.43. The van der Waals surface area contributed by atoms with Gasteiger partial charge >= 0.3 is 0 Å². The molecule has 0 spiro atoms. The van der Waals surface area contributed by atoms with Gasteiger partial charge in [-0.25, -0.2) is 9.07 Å². The molecule has 0 unspecified atom stereocenters. The summed E-state index contributed by atoms with van der Waals surface area (Å²) >= 11 is 12.3. The number of rotatable bonds is 5. The third-order valence-corrected chi connectivity index (χ3v) is 6.53. The second-order valence-electron chi connectivity index (χ2n) is 7.85. The molecule has 4 aromatic rings. The molecule has 1 aliphatic heterocycles. The summed E-state index contributed by atoms with van der Waals surface area (Å²) in [6.45, 7) is 2.41. The van der Waals surface area contributed by atoms with Gasteiger partial charge < -0.3 is 4.42 Å². The molecule has 2 aromatic heterocycles. The molecule has 0 N–H and O–H groups in total. The number of likely N-dealkylation sites (tertiary alicyclic amines) is 1. The smallest absolute Gasteiger partial charge is 0.219 e. The zero-order valence-corrected chi connectivity index (χ0v) is 18.6. The van der Waals surface area contributed by atoms with Gasteiger partial charge in [-0.3, -0.25) is 4.90 Å². The highest BCUT2D eigenvalue weighted by molar-refractivity contribution is 6.42. The number of aromatic nitrogens is 4. The van der Waals surface area contributed by atoms with Crippen LogP contribution in [0.2, 0.25) is 10.0 Å². The van der Waals surface area contributed by atoms with E-state index >= 15 is 0 Å². The number of halogens is 3. The normalized spacial score (nSPS) is 15.3. The maximum absolute atomic E-state index is 14.6. The first kappa shape index (κ1) is 21.1. The predicted octanol–water partition coefficient (Wildman–Crippen LogP) is 5.75. The van der Waals surface area contributed by atoms with Gasteiger partial charge in [0.25, 0.3) is 0 Å². The number of hydrogen-bond donors (Lipinski definition) is 0. The maximum Gasteiger partial charge on any atom is 0.219 e. The van der Waals surface area contributed by atoms with Crippen molar-refractivity contribution in [2.75, 3.05) is 13.1 Å². The molecule has 9 heteroatoms. The predicted molar refractivity (Wildman–Crippen MR) is 121 cm³/mol. The molecular weight excluding hydrogens is 452 g/mol. The van der Waals surface area contributed by atoms with Gasteiger partial charge in [0.1, 0.15) is 11.5 Å². The maximum atomic E-state index is 14.6. The highest BCUT2D eigenvalue weighted by Crippen LogP contribution is 2.31. The second-order valence-corrected chi connectivity index (χ2v) is 8.67. The summed E-state index contributed by atoms with van der Waals surface area (Å²) in [6, 6.07) is 12.0. The lowest BCUT2D eigenvalue weighted by molar-refractivity contribution is 0.193. The average molecular weight is 472 g/mol. The summed E-state index contributed by atoms with van der Waals surface area (Å²) in [6.07, 6.45) is 5.17. The molecule has 0 radical (unpaired) electrons. The third kappa shape index (κ3) is 4.28. The van der Waals surface area contributed by atoms with Crippen LogP contribution in [0, 0.1) is 5.82 Å². The van der Waals surface area contributed by atoms with E-state index in [1.54, 1.807) is 28.9 Å². The van der Waals surface area contributed by atoms with E-state index in [1.165, 1.54) is 12.5 Å². The Kier molecular flexibility index (Phi) is 5.95. The van der Waals surface area contributed by atoms with Crippen LogP contribution in [-0.4, -0.2) is 38.0 Å². The fraction of sp³-hybridized carbons (Fsp3) is 0.261. The largest absolute Gasteiger partial charge is 0.428 e. The lowest BCUT2D eigenvalue weighted by atomic mass is 9.96. The minimum Gasteiger partial charge on any atom is -0.428 e. The highest BCUT2D eigenvalue weighted by atomic mass is 35.5. The van der Waals surface area contributed by atoms with Crippen LogP contribution in [0.3, 0.4) is 0 Å². The van der Waals surface area contributed by atoms with Crippen LogP contribution in [0.5, 0.6) is 0 Å². The summed E-state index contributed by atoms with van der Waals surface area (Å²) in [5, 5.41) is 13.5. The quantitative estimate of drug-likeness (QED) is 0.370. The van der Waals surface area contributed by atoms with E-state index in [9.17, 15) is 4.39 Å². The molecule has 1 aliphatic rings. The summed E-state index contributed by atoms with van der Waals surface area (Å²) in [4.78, 5) is 2.34. The first-order valence-corrected chi connectivity index (χ1v) is 11.1. The topological polar surface area (TPSA) is 60.0 Å². The Morgan fingerprint density at radius 1 is 1.06 bits per heavy atom. The van der Waals surface area contributed by atoms with E-state index in [0.29, 0.717) is 33.7 Å². The Bertz CT molecular complexity index is 1220. The van der Waals surface area contributed by atoms with Crippen LogP contribution in [0.4, 0.5) is 4.39 Å². The van der Waals surface area contributed by atoms with E-state index in [4.69, 9.17) is 32.7 Å². The van der Waals surface area contributed by atoms with Gasteiger partial charge in [-0.1, -0.05) is 35.3 Å². The Morgan fingerprint density at radius 3 is 2.59 bits per heavy atom. The SMILES string of the molecule is Fc1ccccc1-c1nn(-c2ccc(Cl)c(Cl)c2)cc1CN1CCC(c2nnco2)CC1. The van der Waals surface area contributed by atoms with Crippen molar-refractivity contribution in [3.63, 3.8) is 0 Å². The molecule has 6 nitrogen and oxygen atoms in total. The Hall–Kier alpha value is -2.74. The molecule has 3 heterocycles. The first-order chi connectivity index (χ1) is 15.6. The van der Waals surface area contributed by atoms with Crippen molar-refractivity contribution in [1.29, 1.82) is 0 Å². The zero-order valence-electron chi connectivity index (χ0n) is 17.1. The van der Waals surface area contributed by atoms with Crippen molar-refractivity contribution < 1.29 is 8.81 Å². The monoisotopic (exact) mass is 471 g/mol. The van der Waals surface area contributed by atoms with Crippen molar-refractivity contribution in [3.05, 3.63) is 82.4 Å². The third-order valence-electron chi connectivity index (χ3n) is 5.79. The Labute approximate surface area is 194 Å². The van der Waals surface area contributed by atoms with Crippen LogP contribution in [0.25, 0.3) is 16.9 Å². The average Bonchev–Trinajstić information content (AvgIpc) is 3.47. The highest BCUT2D eigenvalue weighted by Gasteiger charge is 2.26. The van der Waals surface area contributed by atoms with Gasteiger partial charge in [0, 0.05) is 29.8 Å². The number of nitrogens with zero attached hydrogens (tertiary/aromatic N) is 5. The fourth-order valence-corrected chi connectivity index (χ4v) is 4.40. The standard InChI is InChI=1S/C23H20Cl2FN5O/c24-19-6-5-17(11-20(19)25)31-13-16(22(29-31)18-3-1-2-4-21(18)26)12-30-9-7-15(8-10-30)23-28-27-14-32-23/h1-6,11,13-15H,7-10,12H2. The molecule has 1 saturated heterocycles. The van der Waals surface area contributed by atoms with Crippen molar-refractivity contribution in [1.82, 2.24) is 24.9 Å². The number of hydrogen-bond acceptors (Lipinski definition) is 5. The molecule has 0 saturated carbocycles. The Morgan fingerprint density at radius 2 is 1.88 bits per heavy atom. The van der Waals surface area contributed by atoms with Gasteiger partial charge in [0.2, 0.25) is 12.3 Å². The molecule has 2 aromatic carbocycles. The lowest BCUT2D eigenvalue weighted by Crippen LogP contribution is -2.32. The van der Waals surface area contributed by atoms with Gasteiger partial charge in [-0.2, -0.15) is 5.10 Å². The summed E-state index contributed by atoms with van der Waals surface area (Å²) in [5.74, 6) is 0.672. The fourth-order valence-electron chi connectivity index (χ4n) is 4.10. The molecule has 0 aliphatic carbocycles. The van der Waals surface area contributed by atoms with Gasteiger partial charge in [0.15, 0.2) is 0 Å². The van der Waals surface area contributed by atoms with Gasteiger partial charge in [0.05, 0.1) is 15.7 Å². The molecule has 5 rings (SSSR count). The van der Waals surface area contributed by atoms with Crippen LogP contribution >= 0.6 is 23.2 Å². The summed E-state index contributed by atoms with van der Waals surface area (Å²) in [5.41, 5.74) is 2.80. The van der Waals surface area contributed by atoms with Crippen molar-refractivity contribution in [3.8, 4) is 16.9 Å². The summed E-state index contributed by atoms with van der Waals surface area (Å²) in [7, 11) is 0. The molecule has 1 fully saturated rings. The number of piperidine rings is 1. The van der Waals surface area contributed by atoms with E-state index in [0.717, 1.165) is 37.2 Å². The van der Waals surface area contributed by atoms with Crippen LogP contribution in [0.1, 0.15) is 30.2 Å². The van der Waals surface area contributed by atoms with Gasteiger partial charge in [-0.05, 0) is 56.3 Å².